The summed E-state index contributed by atoms with van der Waals surface area (Å²) in [7, 11) is -5.12. The zero-order valence-corrected chi connectivity index (χ0v) is 38.7. The zero-order valence-electron chi connectivity index (χ0n) is 37.8. The number of hydrogen-bond donors (Lipinski definition) is 7. The van der Waals surface area contributed by atoms with Crippen LogP contribution in [0.5, 0.6) is 0 Å². The first-order valence-corrected chi connectivity index (χ1v) is 25.3. The Morgan fingerprint density at radius 2 is 1.10 bits per heavy atom. The maximum Gasteiger partial charge on any atom is 0.397 e. The minimum absolute atomic E-state index is 0.236. The summed E-state index contributed by atoms with van der Waals surface area (Å²) < 4.78 is 47.5. The Morgan fingerprint density at radius 3 is 1.57 bits per heavy atom. The molecule has 1 aliphatic rings. The van der Waals surface area contributed by atoms with Crippen molar-refractivity contribution in [3.63, 3.8) is 0 Å². The number of carbonyl (C=O) groups excluding carboxylic acids is 1. The molecule has 0 aromatic heterocycles. The Bertz CT molecular complexity index is 1250. The summed E-state index contributed by atoms with van der Waals surface area (Å²) in [5.41, 5.74) is 0. The predicted octanol–water partition coefficient (Wildman–Crippen LogP) is 8.47. The number of ether oxygens (including phenoxy) is 2. The molecular weight excluding hydrogens is 803 g/mol. The van der Waals surface area contributed by atoms with Crippen LogP contribution in [0.3, 0.4) is 0 Å². The van der Waals surface area contributed by atoms with Crippen LogP contribution in [0.1, 0.15) is 194 Å². The number of rotatable bonds is 40. The van der Waals surface area contributed by atoms with Crippen LogP contribution in [0, 0.1) is 0 Å². The topological polar surface area (TPSA) is 212 Å². The molecule has 8 atom stereocenters. The number of amides is 1. The van der Waals surface area contributed by atoms with E-state index in [1.807, 2.05) is 0 Å². The van der Waals surface area contributed by atoms with Gasteiger partial charge in [-0.2, -0.15) is 8.42 Å². The summed E-state index contributed by atoms with van der Waals surface area (Å²) in [5, 5.41) is 55.2. The van der Waals surface area contributed by atoms with E-state index in [4.69, 9.17) is 9.47 Å². The van der Waals surface area contributed by atoms with Crippen molar-refractivity contribution in [2.45, 2.75) is 243 Å². The van der Waals surface area contributed by atoms with Gasteiger partial charge in [0.2, 0.25) is 5.91 Å². The first-order chi connectivity index (χ1) is 29.4. The smallest absolute Gasteiger partial charge is 0.394 e. The van der Waals surface area contributed by atoms with Crippen LogP contribution in [-0.2, 0) is 28.9 Å². The lowest BCUT2D eigenvalue weighted by Gasteiger charge is -2.41. The number of carbonyl (C=O) groups is 1. The van der Waals surface area contributed by atoms with Gasteiger partial charge in [0.05, 0.1) is 25.4 Å². The molecule has 1 rings (SSSR count). The minimum atomic E-state index is -5.12. The molecule has 8 unspecified atom stereocenters. The molecule has 61 heavy (non-hydrogen) atoms. The van der Waals surface area contributed by atoms with E-state index in [-0.39, 0.29) is 6.42 Å². The fraction of sp³-hybridized carbons (Fsp3) is 0.851. The van der Waals surface area contributed by atoms with Gasteiger partial charge in [-0.1, -0.05) is 185 Å². The standard InChI is InChI=1S/C47H87NO12S/c1-3-5-7-9-11-13-15-17-19-20-21-22-24-26-28-30-32-34-36-41(51)46(54)48-39(38-58-47-44(53)45(60-61(55,56)57)43(52)42(37-49)59-47)40(50)35-33-31-29-27-25-23-18-16-14-12-10-8-6-4-2/h14,16,25,27,33,35,39-45,47,49-53H,3-13,15,17-24,26,28-32,34,36-38H2,1-2H3,(H,48,54)(H,55,56,57)/b16-14+,27-25+,35-33+. The van der Waals surface area contributed by atoms with Crippen molar-refractivity contribution in [2.75, 3.05) is 13.2 Å². The van der Waals surface area contributed by atoms with Crippen LogP contribution in [0.25, 0.3) is 0 Å². The highest BCUT2D eigenvalue weighted by Crippen LogP contribution is 2.26. The van der Waals surface area contributed by atoms with Gasteiger partial charge in [0.1, 0.15) is 30.5 Å². The van der Waals surface area contributed by atoms with E-state index in [0.717, 1.165) is 44.9 Å². The van der Waals surface area contributed by atoms with Gasteiger partial charge in [-0.3, -0.25) is 9.35 Å². The molecule has 0 saturated carbocycles. The van der Waals surface area contributed by atoms with E-state index < -0.39 is 78.5 Å². The molecule has 0 aliphatic carbocycles. The third-order valence-corrected chi connectivity index (χ3v) is 11.7. The van der Waals surface area contributed by atoms with Crippen LogP contribution in [0.2, 0.25) is 0 Å². The number of unbranched alkanes of at least 4 members (excludes halogenated alkanes) is 23. The lowest BCUT2D eigenvalue weighted by Crippen LogP contribution is -2.61. The Kier molecular flexibility index (Phi) is 35.4. The molecule has 1 saturated heterocycles. The first-order valence-electron chi connectivity index (χ1n) is 24.0. The lowest BCUT2D eigenvalue weighted by molar-refractivity contribution is -0.298. The SMILES string of the molecule is CCCCCC/C=C/CC/C=C/CC/C=C/C(O)C(COC1OC(CO)C(O)C(OS(=O)(=O)O)C1O)NC(=O)C(O)CCCCCCCCCCCCCCCCCCCC. The monoisotopic (exact) mass is 890 g/mol. The maximum atomic E-state index is 13.1. The van der Waals surface area contributed by atoms with Gasteiger partial charge >= 0.3 is 10.4 Å². The third-order valence-electron chi connectivity index (χ3n) is 11.3. The normalized spacial score (nSPS) is 21.5. The average Bonchev–Trinajstić information content (AvgIpc) is 3.23. The van der Waals surface area contributed by atoms with Crippen LogP contribution in [-0.4, -0.2) is 107 Å². The second-order valence-electron chi connectivity index (χ2n) is 16.8. The molecule has 0 bridgehead atoms. The molecule has 1 aliphatic heterocycles. The van der Waals surface area contributed by atoms with Gasteiger partial charge in [-0.15, -0.1) is 0 Å². The van der Waals surface area contributed by atoms with Crippen molar-refractivity contribution in [3.05, 3.63) is 36.5 Å². The summed E-state index contributed by atoms with van der Waals surface area (Å²) in [6.45, 7) is 3.18. The van der Waals surface area contributed by atoms with Gasteiger partial charge in [0.25, 0.3) is 0 Å². The molecule has 13 nitrogen and oxygen atoms in total. The fourth-order valence-electron chi connectivity index (χ4n) is 7.43. The molecule has 358 valence electrons. The van der Waals surface area contributed by atoms with E-state index in [9.17, 15) is 43.3 Å². The number of nitrogens with one attached hydrogen (secondary N) is 1. The molecule has 0 aromatic rings. The molecule has 1 fully saturated rings. The largest absolute Gasteiger partial charge is 0.397 e. The van der Waals surface area contributed by atoms with Gasteiger partial charge in [0.15, 0.2) is 6.29 Å². The molecule has 0 spiro atoms. The quantitative estimate of drug-likeness (QED) is 0.0175. The maximum absolute atomic E-state index is 13.1. The number of allylic oxidation sites excluding steroid dienone is 5. The van der Waals surface area contributed by atoms with Gasteiger partial charge in [-0.05, 0) is 44.9 Å². The summed E-state index contributed by atoms with van der Waals surface area (Å²) in [6.07, 6.45) is 32.3. The summed E-state index contributed by atoms with van der Waals surface area (Å²) in [6, 6.07) is -1.14. The van der Waals surface area contributed by atoms with Gasteiger partial charge in [0, 0.05) is 0 Å². The highest BCUT2D eigenvalue weighted by Gasteiger charge is 2.48. The highest BCUT2D eigenvalue weighted by molar-refractivity contribution is 7.80. The number of aliphatic hydroxyl groups is 5. The molecule has 0 aromatic carbocycles. The molecule has 1 heterocycles. The van der Waals surface area contributed by atoms with E-state index in [1.54, 1.807) is 6.08 Å². The van der Waals surface area contributed by atoms with E-state index in [1.165, 1.54) is 122 Å². The minimum Gasteiger partial charge on any atom is -0.394 e. The summed E-state index contributed by atoms with van der Waals surface area (Å²) >= 11 is 0. The number of hydrogen-bond acceptors (Lipinski definition) is 11. The van der Waals surface area contributed by atoms with E-state index in [2.05, 4.69) is 47.7 Å². The fourth-order valence-corrected chi connectivity index (χ4v) is 7.94. The second kappa shape index (κ2) is 37.6. The second-order valence-corrected chi connectivity index (χ2v) is 17.9. The van der Waals surface area contributed by atoms with Crippen molar-refractivity contribution < 1.29 is 57.0 Å². The van der Waals surface area contributed by atoms with Crippen LogP contribution < -0.4 is 5.32 Å². The third kappa shape index (κ3) is 30.1. The molecule has 14 heteroatoms. The van der Waals surface area contributed by atoms with Crippen LogP contribution >= 0.6 is 0 Å². The van der Waals surface area contributed by atoms with Crippen molar-refractivity contribution in [1.82, 2.24) is 5.32 Å². The average molecular weight is 890 g/mol. The van der Waals surface area contributed by atoms with Crippen LogP contribution in [0.15, 0.2) is 36.5 Å². The van der Waals surface area contributed by atoms with Crippen molar-refractivity contribution in [3.8, 4) is 0 Å². The number of aliphatic hydroxyl groups excluding tert-OH is 5. The van der Waals surface area contributed by atoms with Gasteiger partial charge in [-0.25, -0.2) is 4.18 Å². The van der Waals surface area contributed by atoms with Crippen molar-refractivity contribution in [1.29, 1.82) is 0 Å². The highest BCUT2D eigenvalue weighted by atomic mass is 32.3. The molecule has 0 radical (unpaired) electrons. The predicted molar refractivity (Wildman–Crippen MR) is 242 cm³/mol. The van der Waals surface area contributed by atoms with Crippen molar-refractivity contribution >= 4 is 16.3 Å². The van der Waals surface area contributed by atoms with Crippen LogP contribution in [0.4, 0.5) is 0 Å². The first kappa shape index (κ1) is 57.3. The molecule has 7 N–H and O–H groups in total. The zero-order chi connectivity index (χ0) is 45.0. The molecular formula is C47H87NO12S. The Labute approximate surface area is 369 Å². The Morgan fingerprint density at radius 1 is 0.656 bits per heavy atom. The summed E-state index contributed by atoms with van der Waals surface area (Å²) in [4.78, 5) is 13.1. The summed E-state index contributed by atoms with van der Waals surface area (Å²) in [5.74, 6) is -0.715. The van der Waals surface area contributed by atoms with Gasteiger partial charge < -0.3 is 40.3 Å². The Hall–Kier alpha value is -1.72. The van der Waals surface area contributed by atoms with Crippen molar-refractivity contribution in [2.24, 2.45) is 0 Å². The lowest BCUT2D eigenvalue weighted by atomic mass is 9.99. The molecule has 1 amide bonds. The van der Waals surface area contributed by atoms with E-state index >= 15 is 0 Å². The van der Waals surface area contributed by atoms with E-state index in [0.29, 0.717) is 12.8 Å². The Balaban J connectivity index is 2.57.